The number of esters is 1. The van der Waals surface area contributed by atoms with Crippen LogP contribution in [0.25, 0.3) is 0 Å². The number of unbranched alkanes of at least 4 members (excludes halogenated alkanes) is 1. The molecular weight excluding hydrogens is 306 g/mol. The standard InChI is InChI=1S/C14H17N3O6/c1-3-4-7-22-14(19)9(2)16-12(18)8-23-10-5-6-11(17(20)21)15-13(10)16/h5-6,9H,3-4,7-8H2,1-2H3. The maximum atomic E-state index is 12.1. The van der Waals surface area contributed by atoms with E-state index in [0.717, 1.165) is 17.7 Å². The van der Waals surface area contributed by atoms with E-state index in [1.807, 2.05) is 6.92 Å². The van der Waals surface area contributed by atoms with Crippen LogP contribution in [0.3, 0.4) is 0 Å². The zero-order chi connectivity index (χ0) is 17.0. The Hall–Kier alpha value is -2.71. The summed E-state index contributed by atoms with van der Waals surface area (Å²) in [7, 11) is 0. The monoisotopic (exact) mass is 323 g/mol. The van der Waals surface area contributed by atoms with E-state index in [2.05, 4.69) is 4.98 Å². The van der Waals surface area contributed by atoms with Crippen molar-refractivity contribution in [3.05, 3.63) is 22.2 Å². The molecule has 0 fully saturated rings. The topological polar surface area (TPSA) is 112 Å². The lowest BCUT2D eigenvalue weighted by Crippen LogP contribution is -2.49. The van der Waals surface area contributed by atoms with Gasteiger partial charge in [-0.25, -0.2) is 4.79 Å². The van der Waals surface area contributed by atoms with Crippen molar-refractivity contribution < 1.29 is 24.0 Å². The van der Waals surface area contributed by atoms with Gasteiger partial charge in [0, 0.05) is 6.07 Å². The molecule has 1 unspecified atom stereocenters. The number of rotatable bonds is 6. The Labute approximate surface area is 132 Å². The van der Waals surface area contributed by atoms with Crippen LogP contribution in [-0.4, -0.2) is 41.0 Å². The van der Waals surface area contributed by atoms with Crippen LogP contribution in [0.2, 0.25) is 0 Å². The number of hydrogen-bond donors (Lipinski definition) is 0. The summed E-state index contributed by atoms with van der Waals surface area (Å²) in [5.74, 6) is -1.37. The Kier molecular flexibility index (Phi) is 5.09. The first-order chi connectivity index (χ1) is 11.0. The molecule has 9 heteroatoms. The zero-order valence-corrected chi connectivity index (χ0v) is 12.9. The molecule has 0 saturated heterocycles. The third-order valence-corrected chi connectivity index (χ3v) is 3.33. The average Bonchev–Trinajstić information content (AvgIpc) is 2.53. The molecule has 1 aliphatic rings. The number of nitro groups is 1. The van der Waals surface area contributed by atoms with Crippen LogP contribution in [0.5, 0.6) is 5.75 Å². The first kappa shape index (κ1) is 16.7. The second-order valence-corrected chi connectivity index (χ2v) is 5.00. The molecule has 0 spiro atoms. The van der Waals surface area contributed by atoms with Crippen molar-refractivity contribution in [2.45, 2.75) is 32.7 Å². The Balaban J connectivity index is 2.28. The van der Waals surface area contributed by atoms with Crippen molar-refractivity contribution >= 4 is 23.5 Å². The van der Waals surface area contributed by atoms with Gasteiger partial charge in [0.1, 0.15) is 6.04 Å². The van der Waals surface area contributed by atoms with Gasteiger partial charge < -0.3 is 19.6 Å². The predicted octanol–water partition coefficient (Wildman–Crippen LogP) is 1.45. The lowest BCUT2D eigenvalue weighted by Gasteiger charge is -2.29. The molecular formula is C14H17N3O6. The molecule has 2 rings (SSSR count). The normalized spacial score (nSPS) is 14.7. The van der Waals surface area contributed by atoms with E-state index in [1.54, 1.807) is 0 Å². The van der Waals surface area contributed by atoms with Crippen LogP contribution in [-0.2, 0) is 14.3 Å². The minimum Gasteiger partial charge on any atom is -0.477 e. The molecule has 2 heterocycles. The van der Waals surface area contributed by atoms with E-state index in [1.165, 1.54) is 19.1 Å². The van der Waals surface area contributed by atoms with Gasteiger partial charge in [-0.15, -0.1) is 0 Å². The maximum Gasteiger partial charge on any atom is 0.366 e. The van der Waals surface area contributed by atoms with Crippen molar-refractivity contribution in [1.29, 1.82) is 0 Å². The van der Waals surface area contributed by atoms with Gasteiger partial charge in [0.15, 0.2) is 12.4 Å². The number of fused-ring (bicyclic) bond motifs is 1. The first-order valence-corrected chi connectivity index (χ1v) is 7.22. The van der Waals surface area contributed by atoms with E-state index in [9.17, 15) is 19.7 Å². The van der Waals surface area contributed by atoms with Gasteiger partial charge in [0.25, 0.3) is 11.7 Å². The number of amides is 1. The molecule has 9 nitrogen and oxygen atoms in total. The van der Waals surface area contributed by atoms with Gasteiger partial charge in [-0.05, 0) is 29.3 Å². The van der Waals surface area contributed by atoms with Gasteiger partial charge in [0.05, 0.1) is 6.61 Å². The largest absolute Gasteiger partial charge is 0.477 e. The Morgan fingerprint density at radius 3 is 2.96 bits per heavy atom. The van der Waals surface area contributed by atoms with Gasteiger partial charge in [-0.2, -0.15) is 0 Å². The third-order valence-electron chi connectivity index (χ3n) is 3.33. The molecule has 1 aromatic rings. The summed E-state index contributed by atoms with van der Waals surface area (Å²) >= 11 is 0. The molecule has 0 aromatic carbocycles. The molecule has 0 saturated carbocycles. The highest BCUT2D eigenvalue weighted by Gasteiger charge is 2.38. The average molecular weight is 323 g/mol. The van der Waals surface area contributed by atoms with E-state index in [0.29, 0.717) is 0 Å². The van der Waals surface area contributed by atoms with Crippen LogP contribution < -0.4 is 9.64 Å². The zero-order valence-electron chi connectivity index (χ0n) is 12.9. The fourth-order valence-corrected chi connectivity index (χ4v) is 2.08. The van der Waals surface area contributed by atoms with Gasteiger partial charge in [-0.1, -0.05) is 13.3 Å². The van der Waals surface area contributed by atoms with Crippen LogP contribution in [0.1, 0.15) is 26.7 Å². The second kappa shape index (κ2) is 7.03. The third kappa shape index (κ3) is 3.55. The molecule has 124 valence electrons. The summed E-state index contributed by atoms with van der Waals surface area (Å²) in [5.41, 5.74) is 0. The number of ether oxygens (including phenoxy) is 2. The summed E-state index contributed by atoms with van der Waals surface area (Å²) in [6.07, 6.45) is 1.59. The number of anilines is 1. The van der Waals surface area contributed by atoms with E-state index in [-0.39, 0.29) is 24.8 Å². The molecule has 1 aliphatic heterocycles. The summed E-state index contributed by atoms with van der Waals surface area (Å²) in [5, 5.41) is 10.9. The molecule has 0 radical (unpaired) electrons. The molecule has 23 heavy (non-hydrogen) atoms. The van der Waals surface area contributed by atoms with Gasteiger partial charge in [0.2, 0.25) is 0 Å². The summed E-state index contributed by atoms with van der Waals surface area (Å²) in [4.78, 5) is 39.3. The minimum absolute atomic E-state index is 0.0459. The fourth-order valence-electron chi connectivity index (χ4n) is 2.08. The lowest BCUT2D eigenvalue weighted by molar-refractivity contribution is -0.389. The highest BCUT2D eigenvalue weighted by atomic mass is 16.6. The van der Waals surface area contributed by atoms with Crippen molar-refractivity contribution in [3.8, 4) is 5.75 Å². The highest BCUT2D eigenvalue weighted by Crippen LogP contribution is 2.33. The van der Waals surface area contributed by atoms with Crippen molar-refractivity contribution in [3.63, 3.8) is 0 Å². The minimum atomic E-state index is -0.948. The molecule has 1 aromatic heterocycles. The molecule has 0 bridgehead atoms. The van der Waals surface area contributed by atoms with Crippen LogP contribution in [0, 0.1) is 10.1 Å². The van der Waals surface area contributed by atoms with Crippen LogP contribution in [0.4, 0.5) is 11.6 Å². The predicted molar refractivity (Wildman–Crippen MR) is 79.2 cm³/mol. The van der Waals surface area contributed by atoms with Gasteiger partial charge >= 0.3 is 11.8 Å². The Morgan fingerprint density at radius 2 is 2.30 bits per heavy atom. The molecule has 0 aliphatic carbocycles. The number of aromatic nitrogens is 1. The Morgan fingerprint density at radius 1 is 1.57 bits per heavy atom. The summed E-state index contributed by atoms with van der Waals surface area (Å²) < 4.78 is 10.3. The van der Waals surface area contributed by atoms with Gasteiger partial charge in [-0.3, -0.25) is 9.69 Å². The Bertz CT molecular complexity index is 633. The summed E-state index contributed by atoms with van der Waals surface area (Å²) in [6, 6.07) is 1.59. The molecule has 0 N–H and O–H groups in total. The van der Waals surface area contributed by atoms with Crippen molar-refractivity contribution in [1.82, 2.24) is 4.98 Å². The first-order valence-electron chi connectivity index (χ1n) is 7.22. The number of carbonyl (C=O) groups is 2. The van der Waals surface area contributed by atoms with E-state index < -0.39 is 28.7 Å². The van der Waals surface area contributed by atoms with E-state index >= 15 is 0 Å². The van der Waals surface area contributed by atoms with E-state index in [4.69, 9.17) is 9.47 Å². The fraction of sp³-hybridized carbons (Fsp3) is 0.500. The van der Waals surface area contributed by atoms with Crippen LogP contribution in [0.15, 0.2) is 12.1 Å². The van der Waals surface area contributed by atoms with Crippen LogP contribution >= 0.6 is 0 Å². The smallest absolute Gasteiger partial charge is 0.366 e. The molecule has 1 atom stereocenters. The lowest BCUT2D eigenvalue weighted by atomic mass is 10.2. The van der Waals surface area contributed by atoms with Crippen molar-refractivity contribution in [2.24, 2.45) is 0 Å². The maximum absolute atomic E-state index is 12.1. The number of hydrogen-bond acceptors (Lipinski definition) is 7. The highest BCUT2D eigenvalue weighted by molar-refractivity contribution is 6.01. The second-order valence-electron chi connectivity index (χ2n) is 5.00. The molecule has 1 amide bonds. The quantitative estimate of drug-likeness (QED) is 0.337. The number of carbonyl (C=O) groups excluding carboxylic acids is 2. The number of pyridine rings is 1. The SMILES string of the molecule is CCCCOC(=O)C(C)N1C(=O)COc2ccc([N+](=O)[O-])nc21. The summed E-state index contributed by atoms with van der Waals surface area (Å²) in [6.45, 7) is 3.44. The number of nitrogens with zero attached hydrogens (tertiary/aromatic N) is 3. The van der Waals surface area contributed by atoms with Crippen molar-refractivity contribution in [2.75, 3.05) is 18.1 Å².